The summed E-state index contributed by atoms with van der Waals surface area (Å²) in [5.74, 6) is 0.255. The van der Waals surface area contributed by atoms with Crippen LogP contribution in [0.5, 0.6) is 5.75 Å². The van der Waals surface area contributed by atoms with Crippen LogP contribution < -0.4 is 15.8 Å². The Morgan fingerprint density at radius 1 is 1.19 bits per heavy atom. The highest BCUT2D eigenvalue weighted by Gasteiger charge is 2.08. The van der Waals surface area contributed by atoms with Gasteiger partial charge in [-0.3, -0.25) is 4.79 Å². The Morgan fingerprint density at radius 3 is 2.57 bits per heavy atom. The molecule has 110 valence electrons. The predicted molar refractivity (Wildman–Crippen MR) is 86.2 cm³/mol. The third kappa shape index (κ3) is 4.28. The molecule has 4 nitrogen and oxygen atoms in total. The van der Waals surface area contributed by atoms with Crippen molar-refractivity contribution in [2.45, 2.75) is 6.92 Å². The lowest BCUT2D eigenvalue weighted by molar-refractivity contribution is -0.118. The highest BCUT2D eigenvalue weighted by Crippen LogP contribution is 2.24. The van der Waals surface area contributed by atoms with Crippen molar-refractivity contribution >= 4 is 40.5 Å². The van der Waals surface area contributed by atoms with Gasteiger partial charge in [0.25, 0.3) is 5.91 Å². The summed E-state index contributed by atoms with van der Waals surface area (Å²) in [6, 6.07) is 10.1. The van der Waals surface area contributed by atoms with Crippen LogP contribution in [0.3, 0.4) is 0 Å². The molecule has 0 aliphatic rings. The van der Waals surface area contributed by atoms with Gasteiger partial charge < -0.3 is 15.8 Å². The lowest BCUT2D eigenvalue weighted by atomic mass is 10.2. The number of benzene rings is 2. The van der Waals surface area contributed by atoms with Crippen molar-refractivity contribution < 1.29 is 9.53 Å². The normalized spacial score (nSPS) is 10.2. The number of ether oxygens (including phenoxy) is 1. The van der Waals surface area contributed by atoms with E-state index in [1.54, 1.807) is 30.3 Å². The molecule has 0 aliphatic heterocycles. The van der Waals surface area contributed by atoms with E-state index in [1.165, 1.54) is 0 Å². The number of rotatable bonds is 4. The number of amides is 1. The zero-order valence-electron chi connectivity index (χ0n) is 11.3. The molecule has 2 rings (SSSR count). The third-order valence-corrected chi connectivity index (χ3v) is 3.27. The standard InChI is InChI=1S/C15H14Cl2N2O2/c1-9-2-3-11(17)7-14(9)21-8-15(20)19-13-5-4-10(16)6-12(13)18/h2-7H,8,18H2,1H3,(H,19,20). The Labute approximate surface area is 132 Å². The minimum Gasteiger partial charge on any atom is -0.483 e. The zero-order chi connectivity index (χ0) is 15.4. The van der Waals surface area contributed by atoms with E-state index in [9.17, 15) is 4.79 Å². The molecule has 0 heterocycles. The van der Waals surface area contributed by atoms with Gasteiger partial charge in [-0.1, -0.05) is 29.3 Å². The third-order valence-electron chi connectivity index (χ3n) is 2.80. The van der Waals surface area contributed by atoms with Gasteiger partial charge in [-0.05, 0) is 42.8 Å². The van der Waals surface area contributed by atoms with Crippen LogP contribution in [0.4, 0.5) is 11.4 Å². The zero-order valence-corrected chi connectivity index (χ0v) is 12.8. The molecule has 0 aromatic heterocycles. The Morgan fingerprint density at radius 2 is 1.86 bits per heavy atom. The number of hydrogen-bond acceptors (Lipinski definition) is 3. The van der Waals surface area contributed by atoms with Gasteiger partial charge in [-0.25, -0.2) is 0 Å². The number of aryl methyl sites for hydroxylation is 1. The number of carbonyl (C=O) groups is 1. The molecule has 2 aromatic carbocycles. The average Bonchev–Trinajstić information content (AvgIpc) is 2.43. The van der Waals surface area contributed by atoms with Crippen molar-refractivity contribution in [1.82, 2.24) is 0 Å². The number of halogens is 2. The molecule has 0 bridgehead atoms. The van der Waals surface area contributed by atoms with Crippen molar-refractivity contribution in [2.75, 3.05) is 17.7 Å². The fourth-order valence-corrected chi connectivity index (χ4v) is 2.05. The highest BCUT2D eigenvalue weighted by atomic mass is 35.5. The second-order valence-corrected chi connectivity index (χ2v) is 5.35. The lowest BCUT2D eigenvalue weighted by Gasteiger charge is -2.11. The quantitative estimate of drug-likeness (QED) is 0.838. The Hall–Kier alpha value is -1.91. The molecule has 1 amide bonds. The number of nitrogen functional groups attached to an aromatic ring is 1. The van der Waals surface area contributed by atoms with Gasteiger partial charge in [-0.2, -0.15) is 0 Å². The van der Waals surface area contributed by atoms with Gasteiger partial charge in [-0.15, -0.1) is 0 Å². The van der Waals surface area contributed by atoms with Crippen LogP contribution in [0.1, 0.15) is 5.56 Å². The summed E-state index contributed by atoms with van der Waals surface area (Å²) >= 11 is 11.7. The summed E-state index contributed by atoms with van der Waals surface area (Å²) in [5.41, 5.74) is 7.56. The van der Waals surface area contributed by atoms with E-state index >= 15 is 0 Å². The molecule has 2 aromatic rings. The molecule has 0 saturated carbocycles. The molecule has 0 atom stereocenters. The second kappa shape index (κ2) is 6.70. The molecule has 0 aliphatic carbocycles. The molecular weight excluding hydrogens is 311 g/mol. The Kier molecular flexibility index (Phi) is 4.94. The van der Waals surface area contributed by atoms with Crippen LogP contribution in [0.15, 0.2) is 36.4 Å². The predicted octanol–water partition coefficient (Wildman–Crippen LogP) is 3.90. The smallest absolute Gasteiger partial charge is 0.262 e. The summed E-state index contributed by atoms with van der Waals surface area (Å²) in [6.07, 6.45) is 0. The first-order valence-electron chi connectivity index (χ1n) is 6.19. The molecule has 6 heteroatoms. The van der Waals surface area contributed by atoms with Crippen molar-refractivity contribution in [3.63, 3.8) is 0 Å². The van der Waals surface area contributed by atoms with Crippen molar-refractivity contribution in [3.8, 4) is 5.75 Å². The molecule has 0 spiro atoms. The monoisotopic (exact) mass is 324 g/mol. The van der Waals surface area contributed by atoms with Crippen LogP contribution in [0.25, 0.3) is 0 Å². The van der Waals surface area contributed by atoms with Crippen LogP contribution in [0, 0.1) is 6.92 Å². The van der Waals surface area contributed by atoms with Crippen LogP contribution in [0.2, 0.25) is 10.0 Å². The van der Waals surface area contributed by atoms with E-state index in [1.807, 2.05) is 13.0 Å². The van der Waals surface area contributed by atoms with Crippen LogP contribution in [-0.4, -0.2) is 12.5 Å². The van der Waals surface area contributed by atoms with Crippen LogP contribution >= 0.6 is 23.2 Å². The van der Waals surface area contributed by atoms with Crippen LogP contribution in [-0.2, 0) is 4.79 Å². The van der Waals surface area contributed by atoms with E-state index in [0.29, 0.717) is 27.2 Å². The topological polar surface area (TPSA) is 64.3 Å². The van der Waals surface area contributed by atoms with Gasteiger partial charge >= 0.3 is 0 Å². The van der Waals surface area contributed by atoms with Gasteiger partial charge in [0.2, 0.25) is 0 Å². The van der Waals surface area contributed by atoms with E-state index < -0.39 is 0 Å². The molecule has 0 saturated heterocycles. The maximum absolute atomic E-state index is 11.9. The first kappa shape index (κ1) is 15.5. The first-order valence-corrected chi connectivity index (χ1v) is 6.95. The van der Waals surface area contributed by atoms with E-state index in [4.69, 9.17) is 33.7 Å². The van der Waals surface area contributed by atoms with Gasteiger partial charge in [0.15, 0.2) is 6.61 Å². The number of hydrogen-bond donors (Lipinski definition) is 2. The molecule has 0 fully saturated rings. The van der Waals surface area contributed by atoms with Crippen molar-refractivity contribution in [1.29, 1.82) is 0 Å². The SMILES string of the molecule is Cc1ccc(Cl)cc1OCC(=O)Nc1ccc(Cl)cc1N. The molecule has 3 N–H and O–H groups in total. The molecule has 0 unspecified atom stereocenters. The number of nitrogens with two attached hydrogens (primary N) is 1. The lowest BCUT2D eigenvalue weighted by Crippen LogP contribution is -2.21. The molecular formula is C15H14Cl2N2O2. The highest BCUT2D eigenvalue weighted by molar-refractivity contribution is 6.31. The maximum atomic E-state index is 11.9. The first-order chi connectivity index (χ1) is 9.95. The van der Waals surface area contributed by atoms with E-state index in [2.05, 4.69) is 5.32 Å². The fourth-order valence-electron chi connectivity index (χ4n) is 1.71. The number of carbonyl (C=O) groups excluding carboxylic acids is 1. The maximum Gasteiger partial charge on any atom is 0.262 e. The summed E-state index contributed by atoms with van der Waals surface area (Å²) in [5, 5.41) is 3.73. The van der Waals surface area contributed by atoms with Gasteiger partial charge in [0.1, 0.15) is 5.75 Å². The number of anilines is 2. The fraction of sp³-hybridized carbons (Fsp3) is 0.133. The second-order valence-electron chi connectivity index (χ2n) is 4.48. The Bertz CT molecular complexity index is 675. The summed E-state index contributed by atoms with van der Waals surface area (Å²) in [6.45, 7) is 1.74. The van der Waals surface area contributed by atoms with Crippen molar-refractivity contribution in [3.05, 3.63) is 52.0 Å². The largest absolute Gasteiger partial charge is 0.483 e. The van der Waals surface area contributed by atoms with Gasteiger partial charge in [0, 0.05) is 10.0 Å². The van der Waals surface area contributed by atoms with Gasteiger partial charge in [0.05, 0.1) is 11.4 Å². The average molecular weight is 325 g/mol. The van der Waals surface area contributed by atoms with E-state index in [0.717, 1.165) is 5.56 Å². The van der Waals surface area contributed by atoms with E-state index in [-0.39, 0.29) is 12.5 Å². The number of nitrogens with one attached hydrogen (secondary N) is 1. The van der Waals surface area contributed by atoms with Crippen molar-refractivity contribution in [2.24, 2.45) is 0 Å². The minimum absolute atomic E-state index is 0.136. The summed E-state index contributed by atoms with van der Waals surface area (Å²) in [7, 11) is 0. The Balaban J connectivity index is 1.97. The summed E-state index contributed by atoms with van der Waals surface area (Å²) < 4.78 is 5.45. The molecule has 0 radical (unpaired) electrons. The molecule has 21 heavy (non-hydrogen) atoms. The summed E-state index contributed by atoms with van der Waals surface area (Å²) in [4.78, 5) is 11.9. The minimum atomic E-state index is -0.316.